The SMILES string of the molecule is Cc1ccc(F)cc1S(=O)(=O)Nc1cc(Br)ccc1C#N. The van der Waals surface area contributed by atoms with Gasteiger partial charge < -0.3 is 0 Å². The van der Waals surface area contributed by atoms with Gasteiger partial charge in [-0.05, 0) is 42.8 Å². The lowest BCUT2D eigenvalue weighted by molar-refractivity contribution is 0.594. The molecule has 0 bridgehead atoms. The Hall–Kier alpha value is -1.91. The maximum Gasteiger partial charge on any atom is 0.262 e. The summed E-state index contributed by atoms with van der Waals surface area (Å²) in [6.07, 6.45) is 0. The Bertz CT molecular complexity index is 845. The summed E-state index contributed by atoms with van der Waals surface area (Å²) < 4.78 is 40.9. The molecule has 0 unspecified atom stereocenters. The van der Waals surface area contributed by atoms with Gasteiger partial charge in [-0.1, -0.05) is 22.0 Å². The van der Waals surface area contributed by atoms with E-state index in [4.69, 9.17) is 5.26 Å². The number of nitrogens with one attached hydrogen (secondary N) is 1. The summed E-state index contributed by atoms with van der Waals surface area (Å²) in [5.41, 5.74) is 0.726. The van der Waals surface area contributed by atoms with Gasteiger partial charge in [-0.2, -0.15) is 5.26 Å². The summed E-state index contributed by atoms with van der Waals surface area (Å²) in [6, 6.07) is 10.0. The average Bonchev–Trinajstić information content (AvgIpc) is 2.41. The molecule has 0 atom stereocenters. The largest absolute Gasteiger partial charge is 0.278 e. The van der Waals surface area contributed by atoms with Gasteiger partial charge in [0.05, 0.1) is 16.1 Å². The van der Waals surface area contributed by atoms with Crippen molar-refractivity contribution in [3.05, 3.63) is 57.8 Å². The zero-order valence-electron chi connectivity index (χ0n) is 10.9. The van der Waals surface area contributed by atoms with Gasteiger partial charge >= 0.3 is 0 Å². The number of sulfonamides is 1. The number of nitriles is 1. The zero-order valence-corrected chi connectivity index (χ0v) is 13.3. The van der Waals surface area contributed by atoms with Gasteiger partial charge in [0.2, 0.25) is 0 Å². The molecule has 21 heavy (non-hydrogen) atoms. The lowest BCUT2D eigenvalue weighted by Gasteiger charge is -2.12. The highest BCUT2D eigenvalue weighted by Gasteiger charge is 2.19. The van der Waals surface area contributed by atoms with Gasteiger partial charge in [0, 0.05) is 4.47 Å². The number of hydrogen-bond donors (Lipinski definition) is 1. The third-order valence-electron chi connectivity index (χ3n) is 2.79. The number of nitrogens with zero attached hydrogens (tertiary/aromatic N) is 1. The summed E-state index contributed by atoms with van der Waals surface area (Å²) in [5, 5.41) is 9.02. The molecule has 0 saturated heterocycles. The molecule has 0 amide bonds. The molecule has 0 spiro atoms. The van der Waals surface area contributed by atoms with E-state index in [9.17, 15) is 12.8 Å². The third-order valence-corrected chi connectivity index (χ3v) is 4.79. The molecule has 2 rings (SSSR count). The monoisotopic (exact) mass is 368 g/mol. The molecule has 0 fully saturated rings. The van der Waals surface area contributed by atoms with Crippen LogP contribution in [0.1, 0.15) is 11.1 Å². The van der Waals surface area contributed by atoms with Gasteiger partial charge in [-0.25, -0.2) is 12.8 Å². The van der Waals surface area contributed by atoms with E-state index in [1.807, 2.05) is 6.07 Å². The van der Waals surface area contributed by atoms with E-state index in [0.29, 0.717) is 10.0 Å². The lowest BCUT2D eigenvalue weighted by Crippen LogP contribution is -2.15. The van der Waals surface area contributed by atoms with Crippen LogP contribution in [0.15, 0.2) is 45.8 Å². The number of benzene rings is 2. The van der Waals surface area contributed by atoms with E-state index < -0.39 is 15.8 Å². The summed E-state index contributed by atoms with van der Waals surface area (Å²) in [4.78, 5) is -0.161. The number of halogens is 2. The highest BCUT2D eigenvalue weighted by molar-refractivity contribution is 9.10. The molecule has 0 aliphatic rings. The molecule has 0 saturated carbocycles. The van der Waals surface area contributed by atoms with E-state index in [1.165, 1.54) is 24.3 Å². The first-order valence-corrected chi connectivity index (χ1v) is 8.10. The Labute approximate surface area is 130 Å². The highest BCUT2D eigenvalue weighted by Crippen LogP contribution is 2.25. The van der Waals surface area contributed by atoms with E-state index in [1.54, 1.807) is 13.0 Å². The molecule has 7 heteroatoms. The summed E-state index contributed by atoms with van der Waals surface area (Å²) in [6.45, 7) is 1.57. The van der Waals surface area contributed by atoms with Crippen LogP contribution < -0.4 is 4.72 Å². The summed E-state index contributed by atoms with van der Waals surface area (Å²) in [5.74, 6) is -0.643. The molecular weight excluding hydrogens is 359 g/mol. The second-order valence-electron chi connectivity index (χ2n) is 4.32. The molecule has 0 aromatic heterocycles. The fourth-order valence-corrected chi connectivity index (χ4v) is 3.45. The fraction of sp³-hybridized carbons (Fsp3) is 0.0714. The maximum atomic E-state index is 13.3. The predicted molar refractivity (Wildman–Crippen MR) is 80.8 cm³/mol. The number of hydrogen-bond acceptors (Lipinski definition) is 3. The van der Waals surface area contributed by atoms with Crippen LogP contribution in [0.3, 0.4) is 0 Å². The average molecular weight is 369 g/mol. The Kier molecular flexibility index (Phi) is 4.30. The van der Waals surface area contributed by atoms with Crippen molar-refractivity contribution in [3.63, 3.8) is 0 Å². The number of rotatable bonds is 3. The third kappa shape index (κ3) is 3.40. The molecular formula is C14H10BrFN2O2S. The number of anilines is 1. The van der Waals surface area contributed by atoms with Crippen LogP contribution in [0.5, 0.6) is 0 Å². The Morgan fingerprint density at radius 1 is 1.24 bits per heavy atom. The quantitative estimate of drug-likeness (QED) is 0.899. The second-order valence-corrected chi connectivity index (χ2v) is 6.88. The summed E-state index contributed by atoms with van der Waals surface area (Å²) >= 11 is 3.21. The van der Waals surface area contributed by atoms with Crippen LogP contribution in [0.4, 0.5) is 10.1 Å². The van der Waals surface area contributed by atoms with Crippen LogP contribution in [0, 0.1) is 24.1 Å². The molecule has 0 aliphatic carbocycles. The Morgan fingerprint density at radius 3 is 2.62 bits per heavy atom. The highest BCUT2D eigenvalue weighted by atomic mass is 79.9. The van der Waals surface area contributed by atoms with E-state index in [-0.39, 0.29) is 16.1 Å². The van der Waals surface area contributed by atoms with Gasteiger partial charge in [0.25, 0.3) is 10.0 Å². The van der Waals surface area contributed by atoms with Gasteiger partial charge in [0.15, 0.2) is 0 Å². The molecule has 108 valence electrons. The molecule has 1 N–H and O–H groups in total. The van der Waals surface area contributed by atoms with Crippen LogP contribution in [-0.4, -0.2) is 8.42 Å². The maximum absolute atomic E-state index is 13.3. The van der Waals surface area contributed by atoms with E-state index >= 15 is 0 Å². The topological polar surface area (TPSA) is 70.0 Å². The molecule has 0 heterocycles. The van der Waals surface area contributed by atoms with Crippen molar-refractivity contribution in [1.82, 2.24) is 0 Å². The molecule has 0 radical (unpaired) electrons. The number of aryl methyl sites for hydroxylation is 1. The summed E-state index contributed by atoms with van der Waals surface area (Å²) in [7, 11) is -3.98. The van der Waals surface area contributed by atoms with Crippen molar-refractivity contribution in [3.8, 4) is 6.07 Å². The van der Waals surface area contributed by atoms with Crippen molar-refractivity contribution in [2.24, 2.45) is 0 Å². The normalized spacial score (nSPS) is 11.0. The minimum Gasteiger partial charge on any atom is -0.278 e. The van der Waals surface area contributed by atoms with Gasteiger partial charge in [0.1, 0.15) is 11.9 Å². The first kappa shape index (κ1) is 15.5. The molecule has 0 aliphatic heterocycles. The van der Waals surface area contributed by atoms with E-state index in [2.05, 4.69) is 20.7 Å². The van der Waals surface area contributed by atoms with Crippen LogP contribution >= 0.6 is 15.9 Å². The molecule has 2 aromatic rings. The zero-order chi connectivity index (χ0) is 15.6. The van der Waals surface area contributed by atoms with Crippen LogP contribution in [-0.2, 0) is 10.0 Å². The van der Waals surface area contributed by atoms with Crippen molar-refractivity contribution >= 4 is 31.6 Å². The fourth-order valence-electron chi connectivity index (χ4n) is 1.76. The second kappa shape index (κ2) is 5.84. The lowest BCUT2D eigenvalue weighted by atomic mass is 10.2. The first-order valence-electron chi connectivity index (χ1n) is 5.82. The predicted octanol–water partition coefficient (Wildman–Crippen LogP) is 3.57. The minimum absolute atomic E-state index is 0.135. The Morgan fingerprint density at radius 2 is 1.95 bits per heavy atom. The Balaban J connectivity index is 2.50. The van der Waals surface area contributed by atoms with Crippen LogP contribution in [0.25, 0.3) is 0 Å². The van der Waals surface area contributed by atoms with Gasteiger partial charge in [-0.15, -0.1) is 0 Å². The van der Waals surface area contributed by atoms with Crippen molar-refractivity contribution in [2.75, 3.05) is 4.72 Å². The van der Waals surface area contributed by atoms with Crippen LogP contribution in [0.2, 0.25) is 0 Å². The van der Waals surface area contributed by atoms with Crippen molar-refractivity contribution in [2.45, 2.75) is 11.8 Å². The van der Waals surface area contributed by atoms with E-state index in [0.717, 1.165) is 6.07 Å². The van der Waals surface area contributed by atoms with Gasteiger partial charge in [-0.3, -0.25) is 4.72 Å². The standard InChI is InChI=1S/C14H10BrFN2O2S/c1-9-2-5-12(16)7-14(9)21(19,20)18-13-6-11(15)4-3-10(13)8-17/h2-7,18H,1H3. The smallest absolute Gasteiger partial charge is 0.262 e. The first-order chi connectivity index (χ1) is 9.83. The van der Waals surface area contributed by atoms with Crippen molar-refractivity contribution in [1.29, 1.82) is 5.26 Å². The molecule has 2 aromatic carbocycles. The molecule has 4 nitrogen and oxygen atoms in total. The minimum atomic E-state index is -3.98. The van der Waals surface area contributed by atoms with Crippen molar-refractivity contribution < 1.29 is 12.8 Å².